The third-order valence-electron chi connectivity index (χ3n) is 2.64. The van der Waals surface area contributed by atoms with E-state index in [-0.39, 0.29) is 11.9 Å². The average molecular weight is 242 g/mol. The van der Waals surface area contributed by atoms with Crippen LogP contribution < -0.4 is 5.32 Å². The molecular weight excluding hydrogens is 228 g/mol. The van der Waals surface area contributed by atoms with Crippen LogP contribution in [0.15, 0.2) is 49.4 Å². The zero-order chi connectivity index (χ0) is 13.0. The van der Waals surface area contributed by atoms with E-state index in [9.17, 15) is 4.79 Å². The standard InChI is InChI=1S/C13H14N4O/c1-3-12(18)16-13(10-5-4-7-14-9-10)11-6-8-15-17(11)2/h3-9,13H,1H2,2H3,(H,16,18). The molecule has 2 rings (SSSR count). The highest BCUT2D eigenvalue weighted by Gasteiger charge is 2.18. The summed E-state index contributed by atoms with van der Waals surface area (Å²) in [6.45, 7) is 3.46. The van der Waals surface area contributed by atoms with Crippen molar-refractivity contribution in [2.24, 2.45) is 7.05 Å². The summed E-state index contributed by atoms with van der Waals surface area (Å²) in [7, 11) is 1.83. The first-order valence-electron chi connectivity index (χ1n) is 5.53. The lowest BCUT2D eigenvalue weighted by Crippen LogP contribution is -2.29. The number of aromatic nitrogens is 3. The van der Waals surface area contributed by atoms with Crippen LogP contribution in [-0.4, -0.2) is 20.7 Å². The van der Waals surface area contributed by atoms with E-state index in [2.05, 4.69) is 22.0 Å². The summed E-state index contributed by atoms with van der Waals surface area (Å²) in [5, 5.41) is 6.98. The first-order valence-corrected chi connectivity index (χ1v) is 5.53. The number of nitrogens with zero attached hydrogens (tertiary/aromatic N) is 3. The molecule has 18 heavy (non-hydrogen) atoms. The lowest BCUT2D eigenvalue weighted by atomic mass is 10.1. The molecule has 2 aromatic heterocycles. The zero-order valence-electron chi connectivity index (χ0n) is 10.1. The number of carbonyl (C=O) groups is 1. The SMILES string of the molecule is C=CC(=O)NC(c1cccnc1)c1ccnn1C. The van der Waals surface area contributed by atoms with Crippen LogP contribution in [0.2, 0.25) is 0 Å². The van der Waals surface area contributed by atoms with Gasteiger partial charge in [0.1, 0.15) is 0 Å². The van der Waals surface area contributed by atoms with E-state index in [1.807, 2.05) is 25.2 Å². The molecule has 0 aromatic carbocycles. The molecule has 5 nitrogen and oxygen atoms in total. The molecule has 1 amide bonds. The third-order valence-corrected chi connectivity index (χ3v) is 2.64. The van der Waals surface area contributed by atoms with E-state index < -0.39 is 0 Å². The molecule has 0 saturated carbocycles. The van der Waals surface area contributed by atoms with Crippen molar-refractivity contribution in [3.63, 3.8) is 0 Å². The van der Waals surface area contributed by atoms with E-state index in [0.717, 1.165) is 11.3 Å². The van der Waals surface area contributed by atoms with Crippen LogP contribution in [0.3, 0.4) is 0 Å². The van der Waals surface area contributed by atoms with E-state index in [4.69, 9.17) is 0 Å². The van der Waals surface area contributed by atoms with Gasteiger partial charge in [0.25, 0.3) is 0 Å². The number of aryl methyl sites for hydroxylation is 1. The summed E-state index contributed by atoms with van der Waals surface area (Å²) in [5.41, 5.74) is 1.79. The lowest BCUT2D eigenvalue weighted by molar-refractivity contribution is -0.117. The summed E-state index contributed by atoms with van der Waals surface area (Å²) in [6.07, 6.45) is 6.36. The molecule has 2 aromatic rings. The van der Waals surface area contributed by atoms with Gasteiger partial charge < -0.3 is 5.32 Å². The van der Waals surface area contributed by atoms with Gasteiger partial charge in [0.15, 0.2) is 0 Å². The second-order valence-electron chi connectivity index (χ2n) is 3.81. The summed E-state index contributed by atoms with van der Waals surface area (Å²) >= 11 is 0. The van der Waals surface area contributed by atoms with Gasteiger partial charge in [-0.3, -0.25) is 14.5 Å². The summed E-state index contributed by atoms with van der Waals surface area (Å²) < 4.78 is 1.72. The fourth-order valence-corrected chi connectivity index (χ4v) is 1.74. The van der Waals surface area contributed by atoms with Crippen molar-refractivity contribution >= 4 is 5.91 Å². The van der Waals surface area contributed by atoms with Gasteiger partial charge in [0.05, 0.1) is 11.7 Å². The Morgan fingerprint density at radius 2 is 2.33 bits per heavy atom. The molecule has 0 spiro atoms. The Morgan fingerprint density at radius 1 is 1.50 bits per heavy atom. The Balaban J connectivity index is 2.38. The summed E-state index contributed by atoms with van der Waals surface area (Å²) in [4.78, 5) is 15.6. The molecule has 1 N–H and O–H groups in total. The number of nitrogens with one attached hydrogen (secondary N) is 1. The summed E-state index contributed by atoms with van der Waals surface area (Å²) in [5.74, 6) is -0.231. The van der Waals surface area contributed by atoms with Gasteiger partial charge in [-0.05, 0) is 23.8 Å². The van der Waals surface area contributed by atoms with Crippen LogP contribution in [0, 0.1) is 0 Å². The Hall–Kier alpha value is -2.43. The highest BCUT2D eigenvalue weighted by Crippen LogP contribution is 2.20. The van der Waals surface area contributed by atoms with Crippen LogP contribution in [0.25, 0.3) is 0 Å². The second kappa shape index (κ2) is 5.27. The molecule has 2 heterocycles. The van der Waals surface area contributed by atoms with Crippen LogP contribution >= 0.6 is 0 Å². The van der Waals surface area contributed by atoms with Gasteiger partial charge in [0, 0.05) is 25.6 Å². The number of rotatable bonds is 4. The Labute approximate surface area is 105 Å². The highest BCUT2D eigenvalue weighted by atomic mass is 16.1. The second-order valence-corrected chi connectivity index (χ2v) is 3.81. The monoisotopic (exact) mass is 242 g/mol. The molecule has 0 aliphatic rings. The third kappa shape index (κ3) is 2.45. The molecule has 0 bridgehead atoms. The topological polar surface area (TPSA) is 59.8 Å². The summed E-state index contributed by atoms with van der Waals surface area (Å²) in [6, 6.07) is 5.32. The van der Waals surface area contributed by atoms with E-state index in [1.54, 1.807) is 23.3 Å². The molecule has 1 atom stereocenters. The molecule has 5 heteroatoms. The Morgan fingerprint density at radius 3 is 2.89 bits per heavy atom. The first kappa shape index (κ1) is 12.0. The predicted octanol–water partition coefficient (Wildman–Crippen LogP) is 1.21. The lowest BCUT2D eigenvalue weighted by Gasteiger charge is -2.18. The molecule has 0 fully saturated rings. The van der Waals surface area contributed by atoms with Crippen LogP contribution in [0.1, 0.15) is 17.3 Å². The Bertz CT molecular complexity index is 547. The smallest absolute Gasteiger partial charge is 0.244 e. The minimum absolute atomic E-state index is 0.231. The number of amides is 1. The van der Waals surface area contributed by atoms with Crippen molar-refractivity contribution < 1.29 is 4.79 Å². The average Bonchev–Trinajstić information content (AvgIpc) is 2.83. The normalized spacial score (nSPS) is 11.8. The van der Waals surface area contributed by atoms with Crippen LogP contribution in [-0.2, 0) is 11.8 Å². The maximum Gasteiger partial charge on any atom is 0.244 e. The zero-order valence-corrected chi connectivity index (χ0v) is 10.1. The van der Waals surface area contributed by atoms with E-state index >= 15 is 0 Å². The van der Waals surface area contributed by atoms with Crippen molar-refractivity contribution in [2.75, 3.05) is 0 Å². The van der Waals surface area contributed by atoms with Crippen molar-refractivity contribution in [1.29, 1.82) is 0 Å². The number of hydrogen-bond donors (Lipinski definition) is 1. The van der Waals surface area contributed by atoms with Gasteiger partial charge in [0.2, 0.25) is 5.91 Å². The molecule has 1 unspecified atom stereocenters. The first-order chi connectivity index (χ1) is 8.72. The fourth-order valence-electron chi connectivity index (χ4n) is 1.74. The Kier molecular flexibility index (Phi) is 3.52. The number of pyridine rings is 1. The van der Waals surface area contributed by atoms with Crippen molar-refractivity contribution in [2.45, 2.75) is 6.04 Å². The molecule has 0 radical (unpaired) electrons. The van der Waals surface area contributed by atoms with E-state index in [0.29, 0.717) is 0 Å². The van der Waals surface area contributed by atoms with Crippen molar-refractivity contribution in [3.8, 4) is 0 Å². The molecule has 0 saturated heterocycles. The number of hydrogen-bond acceptors (Lipinski definition) is 3. The largest absolute Gasteiger partial charge is 0.340 e. The highest BCUT2D eigenvalue weighted by molar-refractivity contribution is 5.87. The fraction of sp³-hybridized carbons (Fsp3) is 0.154. The van der Waals surface area contributed by atoms with Gasteiger partial charge in [-0.1, -0.05) is 12.6 Å². The minimum Gasteiger partial charge on any atom is -0.340 e. The van der Waals surface area contributed by atoms with Crippen molar-refractivity contribution in [3.05, 3.63) is 60.7 Å². The maximum atomic E-state index is 11.5. The predicted molar refractivity (Wildman–Crippen MR) is 67.6 cm³/mol. The van der Waals surface area contributed by atoms with Gasteiger partial charge in [-0.15, -0.1) is 0 Å². The van der Waals surface area contributed by atoms with Crippen LogP contribution in [0.5, 0.6) is 0 Å². The van der Waals surface area contributed by atoms with Gasteiger partial charge in [-0.2, -0.15) is 5.10 Å². The molecule has 0 aliphatic carbocycles. The molecule has 92 valence electrons. The van der Waals surface area contributed by atoms with Gasteiger partial charge in [-0.25, -0.2) is 0 Å². The van der Waals surface area contributed by atoms with Crippen LogP contribution in [0.4, 0.5) is 0 Å². The minimum atomic E-state index is -0.281. The molecular formula is C13H14N4O. The van der Waals surface area contributed by atoms with Gasteiger partial charge >= 0.3 is 0 Å². The molecule has 0 aliphatic heterocycles. The number of carbonyl (C=O) groups excluding carboxylic acids is 1. The quantitative estimate of drug-likeness (QED) is 0.820. The van der Waals surface area contributed by atoms with Crippen molar-refractivity contribution in [1.82, 2.24) is 20.1 Å². The van der Waals surface area contributed by atoms with E-state index in [1.165, 1.54) is 6.08 Å². The maximum absolute atomic E-state index is 11.5.